The molecule has 0 saturated carbocycles. The van der Waals surface area contributed by atoms with Gasteiger partial charge in [0.05, 0.1) is 19.8 Å². The van der Waals surface area contributed by atoms with E-state index < -0.39 is 5.97 Å². The van der Waals surface area contributed by atoms with E-state index in [2.05, 4.69) is 11.3 Å². The topological polar surface area (TPSA) is 55.8 Å². The monoisotopic (exact) mass is 236 g/mol. The molecular weight excluding hydrogens is 220 g/mol. The van der Waals surface area contributed by atoms with Gasteiger partial charge in [0.15, 0.2) is 11.5 Å². The third kappa shape index (κ3) is 3.00. The predicted octanol–water partition coefficient (Wildman–Crippen LogP) is 2.31. The Morgan fingerprint density at radius 3 is 2.53 bits per heavy atom. The van der Waals surface area contributed by atoms with Crippen molar-refractivity contribution in [1.29, 1.82) is 0 Å². The van der Waals surface area contributed by atoms with Crippen LogP contribution in [0.25, 0.3) is 0 Å². The number of phenolic OH excluding ortho intramolecular Hbond substituents is 1. The van der Waals surface area contributed by atoms with Gasteiger partial charge in [-0.2, -0.15) is 0 Å². The van der Waals surface area contributed by atoms with Gasteiger partial charge in [0.2, 0.25) is 0 Å². The number of hydrogen-bond donors (Lipinski definition) is 1. The molecule has 4 heteroatoms. The van der Waals surface area contributed by atoms with Crippen molar-refractivity contribution in [2.24, 2.45) is 0 Å². The summed E-state index contributed by atoms with van der Waals surface area (Å²) in [5, 5.41) is 9.90. The van der Waals surface area contributed by atoms with Gasteiger partial charge in [0, 0.05) is 5.56 Å². The first-order chi connectivity index (χ1) is 7.99. The van der Waals surface area contributed by atoms with Crippen LogP contribution in [0.3, 0.4) is 0 Å². The zero-order valence-corrected chi connectivity index (χ0v) is 10.2. The summed E-state index contributed by atoms with van der Waals surface area (Å²) in [5.41, 5.74) is 1.82. The van der Waals surface area contributed by atoms with Crippen LogP contribution in [0, 0.1) is 0 Å². The predicted molar refractivity (Wildman–Crippen MR) is 64.5 cm³/mol. The van der Waals surface area contributed by atoms with Crippen LogP contribution < -0.4 is 4.74 Å². The molecule has 4 nitrogen and oxygen atoms in total. The first kappa shape index (κ1) is 13.1. The molecule has 0 radical (unpaired) electrons. The highest BCUT2D eigenvalue weighted by atomic mass is 16.5. The molecule has 0 aliphatic carbocycles. The highest BCUT2D eigenvalue weighted by molar-refractivity contribution is 5.90. The molecular formula is C13H16O4. The van der Waals surface area contributed by atoms with Crippen LogP contribution in [0.5, 0.6) is 11.5 Å². The minimum absolute atomic E-state index is 0.0307. The number of allylic oxidation sites excluding steroid dienone is 1. The molecule has 1 rings (SSSR count). The second-order valence-corrected chi connectivity index (χ2v) is 3.81. The van der Waals surface area contributed by atoms with Crippen molar-refractivity contribution in [1.82, 2.24) is 0 Å². The largest absolute Gasteiger partial charge is 0.504 e. The standard InChI is InChI=1S/C13H16O4/c1-8(2)5-9-6-10(13(15)17-4)7-11(16-3)12(9)14/h6-7,14H,1,5H2,2-4H3. The van der Waals surface area contributed by atoms with Crippen LogP contribution in [0.2, 0.25) is 0 Å². The summed E-state index contributed by atoms with van der Waals surface area (Å²) in [6.07, 6.45) is 0.479. The van der Waals surface area contributed by atoms with E-state index in [1.807, 2.05) is 6.92 Å². The van der Waals surface area contributed by atoms with Crippen molar-refractivity contribution in [2.45, 2.75) is 13.3 Å². The Bertz CT molecular complexity index is 449. The van der Waals surface area contributed by atoms with Crippen molar-refractivity contribution in [2.75, 3.05) is 14.2 Å². The van der Waals surface area contributed by atoms with E-state index in [4.69, 9.17) is 4.74 Å². The Morgan fingerprint density at radius 2 is 2.06 bits per heavy atom. The number of esters is 1. The smallest absolute Gasteiger partial charge is 0.337 e. The van der Waals surface area contributed by atoms with Gasteiger partial charge < -0.3 is 14.6 Å². The number of methoxy groups -OCH3 is 2. The molecule has 17 heavy (non-hydrogen) atoms. The van der Waals surface area contributed by atoms with Crippen LogP contribution in [-0.4, -0.2) is 25.3 Å². The highest BCUT2D eigenvalue weighted by Gasteiger charge is 2.15. The Balaban J connectivity index is 3.27. The fourth-order valence-electron chi connectivity index (χ4n) is 1.52. The number of carbonyl (C=O) groups is 1. The molecule has 0 spiro atoms. The van der Waals surface area contributed by atoms with Crippen LogP contribution in [0.4, 0.5) is 0 Å². The van der Waals surface area contributed by atoms with Gasteiger partial charge in [0.1, 0.15) is 0 Å². The lowest BCUT2D eigenvalue weighted by Crippen LogP contribution is -2.03. The number of benzene rings is 1. The van der Waals surface area contributed by atoms with Gasteiger partial charge in [-0.1, -0.05) is 12.2 Å². The molecule has 0 unspecified atom stereocenters. The van der Waals surface area contributed by atoms with Crippen molar-refractivity contribution in [3.8, 4) is 11.5 Å². The van der Waals surface area contributed by atoms with E-state index in [9.17, 15) is 9.90 Å². The SMILES string of the molecule is C=C(C)Cc1cc(C(=O)OC)cc(OC)c1O. The molecule has 1 aromatic carbocycles. The number of phenols is 1. The molecule has 0 aliphatic heterocycles. The molecule has 1 aromatic rings. The van der Waals surface area contributed by atoms with E-state index in [0.29, 0.717) is 17.5 Å². The number of carbonyl (C=O) groups excluding carboxylic acids is 1. The fourth-order valence-corrected chi connectivity index (χ4v) is 1.52. The lowest BCUT2D eigenvalue weighted by molar-refractivity contribution is 0.0600. The average molecular weight is 236 g/mol. The van der Waals surface area contributed by atoms with Gasteiger partial charge in [0.25, 0.3) is 0 Å². The Hall–Kier alpha value is -1.97. The first-order valence-corrected chi connectivity index (χ1v) is 5.12. The summed E-state index contributed by atoms with van der Waals surface area (Å²) in [5.74, 6) is -0.182. The van der Waals surface area contributed by atoms with E-state index in [1.54, 1.807) is 6.07 Å². The van der Waals surface area contributed by atoms with Crippen LogP contribution in [0.1, 0.15) is 22.8 Å². The summed E-state index contributed by atoms with van der Waals surface area (Å²) < 4.78 is 9.65. The molecule has 0 aliphatic rings. The van der Waals surface area contributed by atoms with E-state index in [0.717, 1.165) is 5.57 Å². The minimum atomic E-state index is -0.466. The number of aromatic hydroxyl groups is 1. The van der Waals surface area contributed by atoms with Crippen molar-refractivity contribution >= 4 is 5.97 Å². The Labute approximate surface area is 100 Å². The van der Waals surface area contributed by atoms with Crippen molar-refractivity contribution in [3.05, 3.63) is 35.4 Å². The zero-order valence-electron chi connectivity index (χ0n) is 10.2. The third-order valence-corrected chi connectivity index (χ3v) is 2.29. The van der Waals surface area contributed by atoms with Gasteiger partial charge in [-0.05, 0) is 25.5 Å². The van der Waals surface area contributed by atoms with Gasteiger partial charge >= 0.3 is 5.97 Å². The van der Waals surface area contributed by atoms with E-state index in [-0.39, 0.29) is 11.5 Å². The lowest BCUT2D eigenvalue weighted by atomic mass is 10.0. The van der Waals surface area contributed by atoms with Crippen molar-refractivity contribution in [3.63, 3.8) is 0 Å². The second-order valence-electron chi connectivity index (χ2n) is 3.81. The van der Waals surface area contributed by atoms with E-state index >= 15 is 0 Å². The summed E-state index contributed by atoms with van der Waals surface area (Å²) in [6.45, 7) is 5.62. The Kier molecular flexibility index (Phi) is 4.15. The fraction of sp³-hybridized carbons (Fsp3) is 0.308. The second kappa shape index (κ2) is 5.39. The van der Waals surface area contributed by atoms with Crippen LogP contribution in [-0.2, 0) is 11.2 Å². The maximum atomic E-state index is 11.4. The average Bonchev–Trinajstić information content (AvgIpc) is 2.30. The maximum absolute atomic E-state index is 11.4. The lowest BCUT2D eigenvalue weighted by Gasteiger charge is -2.11. The molecule has 0 heterocycles. The van der Waals surface area contributed by atoms with Crippen LogP contribution in [0.15, 0.2) is 24.3 Å². The molecule has 0 aromatic heterocycles. The molecule has 0 atom stereocenters. The molecule has 0 fully saturated rings. The third-order valence-electron chi connectivity index (χ3n) is 2.29. The van der Waals surface area contributed by atoms with Gasteiger partial charge in [-0.25, -0.2) is 4.79 Å². The van der Waals surface area contributed by atoms with E-state index in [1.165, 1.54) is 20.3 Å². The molecule has 1 N–H and O–H groups in total. The minimum Gasteiger partial charge on any atom is -0.504 e. The summed E-state index contributed by atoms with van der Waals surface area (Å²) in [7, 11) is 2.74. The summed E-state index contributed by atoms with van der Waals surface area (Å²) in [4.78, 5) is 11.4. The molecule has 92 valence electrons. The van der Waals surface area contributed by atoms with Crippen LogP contribution >= 0.6 is 0 Å². The molecule has 0 bridgehead atoms. The van der Waals surface area contributed by atoms with Gasteiger partial charge in [-0.3, -0.25) is 0 Å². The Morgan fingerprint density at radius 1 is 1.41 bits per heavy atom. The number of hydrogen-bond acceptors (Lipinski definition) is 4. The number of ether oxygens (including phenoxy) is 2. The summed E-state index contributed by atoms with van der Waals surface area (Å²) >= 11 is 0. The summed E-state index contributed by atoms with van der Waals surface area (Å²) in [6, 6.07) is 3.03. The quantitative estimate of drug-likeness (QED) is 0.643. The maximum Gasteiger partial charge on any atom is 0.337 e. The normalized spacial score (nSPS) is 9.82. The zero-order chi connectivity index (χ0) is 13.0. The molecule has 0 saturated heterocycles. The van der Waals surface area contributed by atoms with Gasteiger partial charge in [-0.15, -0.1) is 0 Å². The first-order valence-electron chi connectivity index (χ1n) is 5.12. The highest BCUT2D eigenvalue weighted by Crippen LogP contribution is 2.32. The van der Waals surface area contributed by atoms with Crippen molar-refractivity contribution < 1.29 is 19.4 Å². The molecule has 0 amide bonds. The number of rotatable bonds is 4.